The van der Waals surface area contributed by atoms with Crippen LogP contribution in [0.1, 0.15) is 22.3 Å². The molecular weight excluding hydrogens is 825 g/mol. The minimum Gasteiger partial charge on any atom is -0.456 e. The molecule has 0 atom stereocenters. The molecule has 0 amide bonds. The fourth-order valence-corrected chi connectivity index (χ4v) is 11.5. The Labute approximate surface area is 394 Å². The summed E-state index contributed by atoms with van der Waals surface area (Å²) in [5.41, 5.74) is 17.8. The van der Waals surface area contributed by atoms with Gasteiger partial charge in [-0.25, -0.2) is 0 Å². The summed E-state index contributed by atoms with van der Waals surface area (Å²) in [4.78, 5) is 2.38. The number of benzene rings is 11. The zero-order valence-corrected chi connectivity index (χ0v) is 37.1. The largest absolute Gasteiger partial charge is 0.456 e. The quantitative estimate of drug-likeness (QED) is 0.159. The van der Waals surface area contributed by atoms with Gasteiger partial charge in [-0.1, -0.05) is 176 Å². The minimum absolute atomic E-state index is 0.527. The van der Waals surface area contributed by atoms with Crippen LogP contribution in [-0.4, -0.2) is 4.57 Å². The van der Waals surface area contributed by atoms with E-state index >= 15 is 0 Å². The third kappa shape index (κ3) is 5.66. The van der Waals surface area contributed by atoms with Crippen LogP contribution in [0.25, 0.3) is 82.5 Å². The maximum absolute atomic E-state index is 6.54. The SMILES string of the molecule is c1ccc(-n2c3ccc(N(c4ccc(-c5cccc6ccccc56)cc4)c4ccc5c(c4)oc4ccccc45)cc3c3cc(C4(c5ccccc5)c5ccccc5-c5ccccc54)ccc32)cc1. The van der Waals surface area contributed by atoms with Gasteiger partial charge in [0.2, 0.25) is 0 Å². The van der Waals surface area contributed by atoms with E-state index in [0.717, 1.165) is 55.7 Å². The summed E-state index contributed by atoms with van der Waals surface area (Å²) in [6.07, 6.45) is 0. The molecule has 3 heteroatoms. The number of anilines is 3. The summed E-state index contributed by atoms with van der Waals surface area (Å²) in [7, 11) is 0. The molecule has 68 heavy (non-hydrogen) atoms. The van der Waals surface area contributed by atoms with Gasteiger partial charge in [-0.2, -0.15) is 0 Å². The first-order chi connectivity index (χ1) is 33.7. The van der Waals surface area contributed by atoms with E-state index < -0.39 is 5.41 Å². The fraction of sp³-hybridized carbons (Fsp3) is 0.0154. The van der Waals surface area contributed by atoms with Gasteiger partial charge in [-0.15, -0.1) is 0 Å². The van der Waals surface area contributed by atoms with E-state index in [9.17, 15) is 0 Å². The van der Waals surface area contributed by atoms with Crippen LogP contribution in [0.4, 0.5) is 17.1 Å². The zero-order chi connectivity index (χ0) is 44.8. The molecule has 11 aromatic carbocycles. The van der Waals surface area contributed by atoms with E-state index in [0.29, 0.717) is 0 Å². The van der Waals surface area contributed by atoms with E-state index in [1.807, 2.05) is 12.1 Å². The highest BCUT2D eigenvalue weighted by molar-refractivity contribution is 6.12. The zero-order valence-electron chi connectivity index (χ0n) is 37.1. The summed E-state index contributed by atoms with van der Waals surface area (Å²) in [5, 5.41) is 7.07. The Kier molecular flexibility index (Phi) is 8.50. The van der Waals surface area contributed by atoms with Crippen molar-refractivity contribution >= 4 is 71.6 Å². The summed E-state index contributed by atoms with van der Waals surface area (Å²) >= 11 is 0. The van der Waals surface area contributed by atoms with Crippen molar-refractivity contribution in [3.05, 3.63) is 277 Å². The monoisotopic (exact) mass is 866 g/mol. The Morgan fingerprint density at radius 1 is 0.338 bits per heavy atom. The second-order valence-electron chi connectivity index (χ2n) is 18.0. The van der Waals surface area contributed by atoms with E-state index in [1.54, 1.807) is 0 Å². The third-order valence-corrected chi connectivity index (χ3v) is 14.5. The molecular formula is C65H42N2O. The second-order valence-corrected chi connectivity index (χ2v) is 18.0. The maximum atomic E-state index is 6.54. The van der Waals surface area contributed by atoms with Crippen LogP contribution in [0.2, 0.25) is 0 Å². The van der Waals surface area contributed by atoms with E-state index in [-0.39, 0.29) is 0 Å². The molecule has 0 saturated carbocycles. The predicted molar refractivity (Wildman–Crippen MR) is 283 cm³/mol. The molecule has 13 aromatic rings. The highest BCUT2D eigenvalue weighted by atomic mass is 16.3. The van der Waals surface area contributed by atoms with Gasteiger partial charge >= 0.3 is 0 Å². The lowest BCUT2D eigenvalue weighted by Gasteiger charge is -2.34. The van der Waals surface area contributed by atoms with Crippen LogP contribution in [0, 0.1) is 0 Å². The second kappa shape index (κ2) is 15.1. The molecule has 3 nitrogen and oxygen atoms in total. The normalized spacial score (nSPS) is 12.8. The Bertz CT molecular complexity index is 4040. The number of furan rings is 1. The van der Waals surface area contributed by atoms with Crippen LogP contribution in [0.3, 0.4) is 0 Å². The number of fused-ring (bicyclic) bond motifs is 10. The van der Waals surface area contributed by atoms with Crippen molar-refractivity contribution in [3.8, 4) is 27.9 Å². The molecule has 0 unspecified atom stereocenters. The summed E-state index contributed by atoms with van der Waals surface area (Å²) in [5.74, 6) is 0. The van der Waals surface area contributed by atoms with Crippen LogP contribution in [0.5, 0.6) is 0 Å². The lowest BCUT2D eigenvalue weighted by Crippen LogP contribution is -2.28. The molecule has 1 aliphatic carbocycles. The smallest absolute Gasteiger partial charge is 0.137 e. The van der Waals surface area contributed by atoms with Crippen molar-refractivity contribution in [1.82, 2.24) is 4.57 Å². The predicted octanol–water partition coefficient (Wildman–Crippen LogP) is 17.3. The molecule has 14 rings (SSSR count). The first kappa shape index (κ1) is 38.4. The number of hydrogen-bond acceptors (Lipinski definition) is 2. The molecule has 0 bridgehead atoms. The van der Waals surface area contributed by atoms with Crippen LogP contribution >= 0.6 is 0 Å². The molecule has 318 valence electrons. The molecule has 0 radical (unpaired) electrons. The average molecular weight is 867 g/mol. The van der Waals surface area contributed by atoms with Crippen LogP contribution in [0.15, 0.2) is 259 Å². The highest BCUT2D eigenvalue weighted by Gasteiger charge is 2.46. The molecule has 0 fully saturated rings. The van der Waals surface area contributed by atoms with Gasteiger partial charge < -0.3 is 13.9 Å². The lowest BCUT2D eigenvalue weighted by molar-refractivity contribution is 0.669. The van der Waals surface area contributed by atoms with Crippen LogP contribution < -0.4 is 4.90 Å². The van der Waals surface area contributed by atoms with Crippen molar-refractivity contribution in [3.63, 3.8) is 0 Å². The van der Waals surface area contributed by atoms with E-state index in [1.165, 1.54) is 66.1 Å². The van der Waals surface area contributed by atoms with Crippen molar-refractivity contribution < 1.29 is 4.42 Å². The van der Waals surface area contributed by atoms with Gasteiger partial charge in [-0.05, 0) is 128 Å². The molecule has 2 aromatic heterocycles. The van der Waals surface area contributed by atoms with Gasteiger partial charge in [-0.3, -0.25) is 0 Å². The molecule has 0 saturated heterocycles. The van der Waals surface area contributed by atoms with Gasteiger partial charge in [0.1, 0.15) is 11.2 Å². The van der Waals surface area contributed by atoms with E-state index in [2.05, 4.69) is 252 Å². The topological polar surface area (TPSA) is 21.3 Å². The Morgan fingerprint density at radius 2 is 0.897 bits per heavy atom. The third-order valence-electron chi connectivity index (χ3n) is 14.5. The summed E-state index contributed by atoms with van der Waals surface area (Å²) in [6.45, 7) is 0. The van der Waals surface area contributed by atoms with Crippen LogP contribution in [-0.2, 0) is 5.41 Å². The van der Waals surface area contributed by atoms with Crippen molar-refractivity contribution in [2.24, 2.45) is 0 Å². The number of rotatable bonds is 7. The standard InChI is InChI=1S/C65H42N2O/c1-3-18-45(19-4-1)65(59-27-12-9-23-53(59)54-24-10-13-28-60(54)65)46-32-38-61-57(40-46)58-41-49(36-39-62(58)67(61)47-20-5-2-6-21-47)66(50-35-37-56-55-25-11-14-29-63(55)68-64(56)42-50)48-33-30-44(31-34-48)52-26-15-17-43-16-7-8-22-51(43)52/h1-42H. The molecule has 0 aliphatic heterocycles. The maximum Gasteiger partial charge on any atom is 0.137 e. The first-order valence-electron chi connectivity index (χ1n) is 23.4. The molecule has 2 heterocycles. The van der Waals surface area contributed by atoms with E-state index in [4.69, 9.17) is 4.42 Å². The van der Waals surface area contributed by atoms with Gasteiger partial charge in [0.15, 0.2) is 0 Å². The minimum atomic E-state index is -0.527. The summed E-state index contributed by atoms with van der Waals surface area (Å²) in [6, 6.07) is 93.2. The first-order valence-corrected chi connectivity index (χ1v) is 23.4. The van der Waals surface area contributed by atoms with Crippen molar-refractivity contribution in [2.45, 2.75) is 5.41 Å². The Morgan fingerprint density at radius 3 is 1.68 bits per heavy atom. The van der Waals surface area contributed by atoms with Gasteiger partial charge in [0.05, 0.1) is 16.4 Å². The van der Waals surface area contributed by atoms with Crippen molar-refractivity contribution in [1.29, 1.82) is 0 Å². The average Bonchev–Trinajstić information content (AvgIpc) is 4.05. The fourth-order valence-electron chi connectivity index (χ4n) is 11.5. The number of para-hydroxylation sites is 2. The van der Waals surface area contributed by atoms with Gasteiger partial charge in [0, 0.05) is 50.4 Å². The number of hydrogen-bond donors (Lipinski definition) is 0. The number of aromatic nitrogens is 1. The number of nitrogens with zero attached hydrogens (tertiary/aromatic N) is 2. The summed E-state index contributed by atoms with van der Waals surface area (Å²) < 4.78 is 8.97. The lowest BCUT2D eigenvalue weighted by atomic mass is 9.67. The molecule has 1 aliphatic rings. The van der Waals surface area contributed by atoms with Crippen molar-refractivity contribution in [2.75, 3.05) is 4.90 Å². The molecule has 0 N–H and O–H groups in total. The Balaban J connectivity index is 1.02. The van der Waals surface area contributed by atoms with Gasteiger partial charge in [0.25, 0.3) is 0 Å². The molecule has 0 spiro atoms. The Hall–Kier alpha value is -8.92. The highest BCUT2D eigenvalue weighted by Crippen LogP contribution is 2.56.